The third kappa shape index (κ3) is 1.43. The van der Waals surface area contributed by atoms with Crippen LogP contribution in [0, 0.1) is 0 Å². The third-order valence-electron chi connectivity index (χ3n) is 3.08. The van der Waals surface area contributed by atoms with Gasteiger partial charge in [-0.25, -0.2) is 0 Å². The molecule has 0 radical (unpaired) electrons. The van der Waals surface area contributed by atoms with Gasteiger partial charge in [-0.15, -0.1) is 0 Å². The van der Waals surface area contributed by atoms with Crippen LogP contribution in [0.5, 0.6) is 0 Å². The van der Waals surface area contributed by atoms with E-state index in [4.69, 9.17) is 5.73 Å². The minimum absolute atomic E-state index is 0.213. The second-order valence-corrected chi connectivity index (χ2v) is 4.52. The predicted octanol–water partition coefficient (Wildman–Crippen LogP) is 0.527. The quantitative estimate of drug-likeness (QED) is 0.780. The summed E-state index contributed by atoms with van der Waals surface area (Å²) in [7, 11) is 3.93. The Morgan fingerprint density at radius 2 is 2.13 bits per heavy atom. The van der Waals surface area contributed by atoms with Gasteiger partial charge in [-0.2, -0.15) is 0 Å². The normalized spacial score (nSPS) is 23.4. The highest BCUT2D eigenvalue weighted by Crippen LogP contribution is 2.41. The van der Waals surface area contributed by atoms with Gasteiger partial charge in [0.2, 0.25) is 5.91 Å². The van der Waals surface area contributed by atoms with Crippen LogP contribution in [0.4, 0.5) is 0 Å². The Kier molecular flexibility index (Phi) is 2.27. The molecular formula is C12H16N2O. The Hall–Kier alpha value is -1.35. The molecule has 3 heteroatoms. The topological polar surface area (TPSA) is 46.3 Å². The minimum Gasteiger partial charge on any atom is -0.369 e. The lowest BCUT2D eigenvalue weighted by Gasteiger charge is -2.43. The van der Waals surface area contributed by atoms with Crippen LogP contribution in [0.1, 0.15) is 11.1 Å². The van der Waals surface area contributed by atoms with E-state index >= 15 is 0 Å². The van der Waals surface area contributed by atoms with Crippen LogP contribution >= 0.6 is 0 Å². The molecule has 1 amide bonds. The number of likely N-dealkylation sites (N-methyl/N-ethyl adjacent to an activating group) is 1. The van der Waals surface area contributed by atoms with Crippen LogP contribution in [0.3, 0.4) is 0 Å². The van der Waals surface area contributed by atoms with Crippen molar-refractivity contribution in [2.45, 2.75) is 11.8 Å². The number of primary amides is 1. The lowest BCUT2D eigenvalue weighted by atomic mass is 9.63. The van der Waals surface area contributed by atoms with Crippen molar-refractivity contribution in [3.63, 3.8) is 0 Å². The van der Waals surface area contributed by atoms with Crippen LogP contribution in [0.15, 0.2) is 24.3 Å². The Balaban J connectivity index is 2.38. The Bertz CT molecular complexity index is 400. The van der Waals surface area contributed by atoms with Crippen molar-refractivity contribution >= 4 is 5.91 Å². The summed E-state index contributed by atoms with van der Waals surface area (Å²) in [6.07, 6.45) is 0.774. The number of carbonyl (C=O) groups excluding carboxylic acids is 1. The summed E-state index contributed by atoms with van der Waals surface area (Å²) in [5.41, 5.74) is 7.42. The smallest absolute Gasteiger partial charge is 0.229 e. The Morgan fingerprint density at radius 3 is 2.67 bits per heavy atom. The number of fused-ring (bicyclic) bond motifs is 1. The average Bonchev–Trinajstić information content (AvgIpc) is 2.13. The first-order valence-corrected chi connectivity index (χ1v) is 5.09. The van der Waals surface area contributed by atoms with Gasteiger partial charge in [0.25, 0.3) is 0 Å². The van der Waals surface area contributed by atoms with Crippen molar-refractivity contribution < 1.29 is 4.79 Å². The number of carbonyl (C=O) groups is 1. The van der Waals surface area contributed by atoms with Gasteiger partial charge in [0.15, 0.2) is 0 Å². The summed E-state index contributed by atoms with van der Waals surface area (Å²) in [4.78, 5) is 13.6. The number of hydrogen-bond donors (Lipinski definition) is 1. The zero-order valence-electron chi connectivity index (χ0n) is 9.16. The standard InChI is InChI=1S/C12H16N2O/c1-14(2)8-12(11(13)15)7-9-5-3-4-6-10(9)12/h3-6H,7-8H2,1-2H3,(H2,13,15). The van der Waals surface area contributed by atoms with Gasteiger partial charge < -0.3 is 10.6 Å². The van der Waals surface area contributed by atoms with Crippen molar-refractivity contribution in [1.82, 2.24) is 4.90 Å². The summed E-state index contributed by atoms with van der Waals surface area (Å²) in [5.74, 6) is -0.213. The molecule has 0 saturated heterocycles. The molecule has 0 fully saturated rings. The van der Waals surface area contributed by atoms with E-state index in [1.54, 1.807) is 0 Å². The maximum absolute atomic E-state index is 11.6. The molecule has 1 aromatic carbocycles. The molecule has 1 aromatic rings. The molecule has 2 N–H and O–H groups in total. The van der Waals surface area contributed by atoms with E-state index in [0.29, 0.717) is 6.54 Å². The largest absolute Gasteiger partial charge is 0.369 e. The van der Waals surface area contributed by atoms with Crippen molar-refractivity contribution in [3.8, 4) is 0 Å². The molecule has 3 nitrogen and oxygen atoms in total. The van der Waals surface area contributed by atoms with E-state index < -0.39 is 5.41 Å². The summed E-state index contributed by atoms with van der Waals surface area (Å²) >= 11 is 0. The number of nitrogens with zero attached hydrogens (tertiary/aromatic N) is 1. The summed E-state index contributed by atoms with van der Waals surface area (Å²) in [6, 6.07) is 8.03. The maximum atomic E-state index is 11.6. The fraction of sp³-hybridized carbons (Fsp3) is 0.417. The van der Waals surface area contributed by atoms with Gasteiger partial charge >= 0.3 is 0 Å². The minimum atomic E-state index is -0.458. The third-order valence-corrected chi connectivity index (χ3v) is 3.08. The first-order valence-electron chi connectivity index (χ1n) is 5.09. The van der Waals surface area contributed by atoms with Crippen molar-refractivity contribution in [3.05, 3.63) is 35.4 Å². The van der Waals surface area contributed by atoms with Crippen molar-refractivity contribution in [2.24, 2.45) is 5.73 Å². The highest BCUT2D eigenvalue weighted by atomic mass is 16.1. The van der Waals surface area contributed by atoms with Crippen molar-refractivity contribution in [1.29, 1.82) is 0 Å². The Morgan fingerprint density at radius 1 is 1.47 bits per heavy atom. The average molecular weight is 204 g/mol. The highest BCUT2D eigenvalue weighted by molar-refractivity contribution is 5.90. The molecule has 0 spiro atoms. The highest BCUT2D eigenvalue weighted by Gasteiger charge is 2.47. The summed E-state index contributed by atoms with van der Waals surface area (Å²) in [6.45, 7) is 0.694. The molecule has 0 aromatic heterocycles. The molecule has 15 heavy (non-hydrogen) atoms. The van der Waals surface area contributed by atoms with E-state index in [9.17, 15) is 4.79 Å². The van der Waals surface area contributed by atoms with E-state index in [0.717, 1.165) is 12.0 Å². The molecule has 0 heterocycles. The lowest BCUT2D eigenvalue weighted by Crippen LogP contribution is -2.55. The van der Waals surface area contributed by atoms with Crippen molar-refractivity contribution in [2.75, 3.05) is 20.6 Å². The van der Waals surface area contributed by atoms with E-state index in [1.165, 1.54) is 5.56 Å². The molecule has 1 atom stereocenters. The number of nitrogens with two attached hydrogens (primary N) is 1. The zero-order chi connectivity index (χ0) is 11.1. The van der Waals surface area contributed by atoms with Gasteiger partial charge in [0, 0.05) is 6.54 Å². The number of rotatable bonds is 3. The van der Waals surface area contributed by atoms with Crippen LogP contribution < -0.4 is 5.73 Å². The molecule has 0 bridgehead atoms. The van der Waals surface area contributed by atoms with Gasteiger partial charge in [-0.1, -0.05) is 24.3 Å². The molecule has 0 aliphatic heterocycles. The first kappa shape index (κ1) is 10.2. The van der Waals surface area contributed by atoms with E-state index in [1.807, 2.05) is 37.2 Å². The van der Waals surface area contributed by atoms with Gasteiger partial charge in [-0.3, -0.25) is 4.79 Å². The molecule has 0 saturated carbocycles. The maximum Gasteiger partial charge on any atom is 0.229 e. The van der Waals surface area contributed by atoms with Gasteiger partial charge in [-0.05, 0) is 31.6 Å². The van der Waals surface area contributed by atoms with E-state index in [-0.39, 0.29) is 5.91 Å². The molecule has 80 valence electrons. The van der Waals surface area contributed by atoms with Crippen LogP contribution in [-0.4, -0.2) is 31.4 Å². The predicted molar refractivity (Wildman–Crippen MR) is 59.6 cm³/mol. The number of hydrogen-bond acceptors (Lipinski definition) is 2. The summed E-state index contributed by atoms with van der Waals surface area (Å²) < 4.78 is 0. The van der Waals surface area contributed by atoms with Crippen LogP contribution in [0.25, 0.3) is 0 Å². The molecule has 1 aliphatic rings. The zero-order valence-corrected chi connectivity index (χ0v) is 9.16. The fourth-order valence-corrected chi connectivity index (χ4v) is 2.43. The van der Waals surface area contributed by atoms with Gasteiger partial charge in [0.05, 0.1) is 5.41 Å². The van der Waals surface area contributed by atoms with Crippen LogP contribution in [0.2, 0.25) is 0 Å². The van der Waals surface area contributed by atoms with E-state index in [2.05, 4.69) is 6.07 Å². The van der Waals surface area contributed by atoms with Gasteiger partial charge in [0.1, 0.15) is 0 Å². The fourth-order valence-electron chi connectivity index (χ4n) is 2.43. The molecule has 1 aliphatic carbocycles. The SMILES string of the molecule is CN(C)CC1(C(N)=O)Cc2ccccc21. The number of amides is 1. The molecule has 2 rings (SSSR count). The first-order chi connectivity index (χ1) is 7.06. The second-order valence-electron chi connectivity index (χ2n) is 4.52. The molecular weight excluding hydrogens is 188 g/mol. The number of benzene rings is 1. The van der Waals surface area contributed by atoms with Crippen LogP contribution in [-0.2, 0) is 16.6 Å². The lowest BCUT2D eigenvalue weighted by molar-refractivity contribution is -0.125. The molecule has 1 unspecified atom stereocenters. The second kappa shape index (κ2) is 3.35. The Labute approximate surface area is 89.9 Å². The summed E-state index contributed by atoms with van der Waals surface area (Å²) in [5, 5.41) is 0. The monoisotopic (exact) mass is 204 g/mol.